The minimum atomic E-state index is 0.798. The zero-order chi connectivity index (χ0) is 29.7. The zero-order valence-corrected chi connectivity index (χ0v) is 24.4. The molecule has 45 heavy (non-hydrogen) atoms. The first-order valence-corrected chi connectivity index (χ1v) is 15.2. The highest BCUT2D eigenvalue weighted by molar-refractivity contribution is 6.26. The molecule has 3 nitrogen and oxygen atoms in total. The van der Waals surface area contributed by atoms with E-state index in [4.69, 9.17) is 8.83 Å². The van der Waals surface area contributed by atoms with Crippen LogP contribution in [0.1, 0.15) is 0 Å². The Morgan fingerprint density at radius 1 is 0.378 bits per heavy atom. The van der Waals surface area contributed by atoms with Gasteiger partial charge < -0.3 is 13.7 Å². The molecule has 0 N–H and O–H groups in total. The van der Waals surface area contributed by atoms with Gasteiger partial charge in [0, 0.05) is 28.2 Å². The van der Waals surface area contributed by atoms with Gasteiger partial charge >= 0.3 is 0 Å². The lowest BCUT2D eigenvalue weighted by Gasteiger charge is -2.26. The first kappa shape index (κ1) is 25.4. The number of rotatable bonds is 5. The van der Waals surface area contributed by atoms with E-state index in [0.29, 0.717) is 0 Å². The number of para-hydroxylation sites is 3. The zero-order valence-electron chi connectivity index (χ0n) is 24.4. The van der Waals surface area contributed by atoms with Crippen LogP contribution in [0.3, 0.4) is 0 Å². The Morgan fingerprint density at radius 2 is 0.889 bits per heavy atom. The maximum Gasteiger partial charge on any atom is 0.149 e. The summed E-state index contributed by atoms with van der Waals surface area (Å²) in [6, 6.07) is 57.2. The summed E-state index contributed by atoms with van der Waals surface area (Å²) < 4.78 is 13.1. The highest BCUT2D eigenvalue weighted by atomic mass is 16.3. The molecule has 0 spiro atoms. The van der Waals surface area contributed by atoms with E-state index >= 15 is 0 Å². The van der Waals surface area contributed by atoms with Crippen LogP contribution in [0.25, 0.3) is 66.1 Å². The predicted octanol–water partition coefficient (Wildman–Crippen LogP) is 12.3. The molecule has 0 amide bonds. The fourth-order valence-electron chi connectivity index (χ4n) is 6.65. The van der Waals surface area contributed by atoms with Crippen LogP contribution in [-0.2, 0) is 0 Å². The third-order valence-electron chi connectivity index (χ3n) is 8.67. The number of anilines is 3. The molecule has 212 valence electrons. The van der Waals surface area contributed by atoms with Crippen LogP contribution in [0.4, 0.5) is 17.1 Å². The molecule has 7 aromatic carbocycles. The van der Waals surface area contributed by atoms with Gasteiger partial charge in [0.2, 0.25) is 0 Å². The van der Waals surface area contributed by atoms with Crippen molar-refractivity contribution in [2.24, 2.45) is 0 Å². The van der Waals surface area contributed by atoms with Crippen molar-refractivity contribution in [2.75, 3.05) is 4.90 Å². The second kappa shape index (κ2) is 10.3. The van der Waals surface area contributed by atoms with Crippen molar-refractivity contribution < 1.29 is 8.83 Å². The molecule has 2 aromatic heterocycles. The molecule has 0 bridgehead atoms. The molecule has 2 heterocycles. The molecule has 0 aliphatic carbocycles. The molecular weight excluding hydrogens is 550 g/mol. The van der Waals surface area contributed by atoms with Gasteiger partial charge in [-0.25, -0.2) is 0 Å². The van der Waals surface area contributed by atoms with Gasteiger partial charge in [-0.2, -0.15) is 0 Å². The average Bonchev–Trinajstić information content (AvgIpc) is 3.68. The van der Waals surface area contributed by atoms with Gasteiger partial charge in [-0.3, -0.25) is 0 Å². The largest absolute Gasteiger partial charge is 0.456 e. The number of benzene rings is 7. The molecule has 0 fully saturated rings. The van der Waals surface area contributed by atoms with E-state index in [9.17, 15) is 0 Å². The van der Waals surface area contributed by atoms with E-state index < -0.39 is 0 Å². The van der Waals surface area contributed by atoms with Crippen LogP contribution in [0.5, 0.6) is 0 Å². The summed E-state index contributed by atoms with van der Waals surface area (Å²) in [5, 5.41) is 4.19. The molecule has 0 aliphatic rings. The summed E-state index contributed by atoms with van der Waals surface area (Å²) in [7, 11) is 0. The second-order valence-electron chi connectivity index (χ2n) is 11.3. The summed E-state index contributed by atoms with van der Waals surface area (Å²) in [5.74, 6) is 0. The SMILES string of the molecule is c1ccc(-c2ccccc2-c2ccc(N(c3ccccc3)c3cc4oc5ccccc5c4c4oc5ccccc5c34)cc2)cc1. The predicted molar refractivity (Wildman–Crippen MR) is 187 cm³/mol. The Balaban J connectivity index is 1.28. The van der Waals surface area contributed by atoms with Gasteiger partial charge in [0.05, 0.1) is 16.5 Å². The van der Waals surface area contributed by atoms with Crippen LogP contribution >= 0.6 is 0 Å². The number of hydrogen-bond acceptors (Lipinski definition) is 3. The van der Waals surface area contributed by atoms with Gasteiger partial charge in [-0.1, -0.05) is 121 Å². The Bertz CT molecular complexity index is 2470. The van der Waals surface area contributed by atoms with Gasteiger partial charge in [0.15, 0.2) is 0 Å². The molecule has 0 saturated heterocycles. The normalized spacial score (nSPS) is 11.6. The second-order valence-corrected chi connectivity index (χ2v) is 11.3. The van der Waals surface area contributed by atoms with E-state index in [0.717, 1.165) is 66.5 Å². The van der Waals surface area contributed by atoms with E-state index in [1.54, 1.807) is 0 Å². The lowest BCUT2D eigenvalue weighted by Crippen LogP contribution is -2.10. The standard InChI is InChI=1S/C42H27NO2/c1-3-13-28(14-4-1)32-17-7-8-18-33(32)29-23-25-31(26-24-29)43(30-15-5-2-6-16-30)36-27-39-41(35-20-10-11-21-37(35)44-39)42-40(36)34-19-9-12-22-38(34)45-42/h1-27H. The molecule has 3 heteroatoms. The van der Waals surface area contributed by atoms with Gasteiger partial charge in [0.25, 0.3) is 0 Å². The van der Waals surface area contributed by atoms with Crippen LogP contribution < -0.4 is 4.90 Å². The molecule has 0 aliphatic heterocycles. The molecule has 0 unspecified atom stereocenters. The number of nitrogens with zero attached hydrogens (tertiary/aromatic N) is 1. The summed E-state index contributed by atoms with van der Waals surface area (Å²) in [6.07, 6.45) is 0. The third kappa shape index (κ3) is 4.13. The number of hydrogen-bond donors (Lipinski definition) is 0. The lowest BCUT2D eigenvalue weighted by atomic mass is 9.94. The smallest absolute Gasteiger partial charge is 0.149 e. The third-order valence-corrected chi connectivity index (χ3v) is 8.67. The summed E-state index contributed by atoms with van der Waals surface area (Å²) in [5.41, 5.74) is 11.2. The molecule has 9 aromatic rings. The monoisotopic (exact) mass is 577 g/mol. The fraction of sp³-hybridized carbons (Fsp3) is 0. The highest BCUT2D eigenvalue weighted by Gasteiger charge is 2.24. The molecular formula is C42H27NO2. The van der Waals surface area contributed by atoms with Crippen LogP contribution in [-0.4, -0.2) is 0 Å². The Hall–Kier alpha value is -6.06. The summed E-state index contributed by atoms with van der Waals surface area (Å²) >= 11 is 0. The van der Waals surface area contributed by atoms with E-state index in [1.165, 1.54) is 16.7 Å². The van der Waals surface area contributed by atoms with Crippen molar-refractivity contribution in [2.45, 2.75) is 0 Å². The number of fused-ring (bicyclic) bond motifs is 7. The number of furan rings is 2. The fourth-order valence-corrected chi connectivity index (χ4v) is 6.65. The Labute approximate surface area is 260 Å². The maximum absolute atomic E-state index is 6.64. The van der Waals surface area contributed by atoms with Crippen molar-refractivity contribution in [1.29, 1.82) is 0 Å². The molecule has 0 saturated carbocycles. The van der Waals surface area contributed by atoms with Crippen molar-refractivity contribution >= 4 is 60.9 Å². The van der Waals surface area contributed by atoms with Crippen LogP contribution in [0.2, 0.25) is 0 Å². The quantitative estimate of drug-likeness (QED) is 0.204. The molecule has 9 rings (SSSR count). The molecule has 0 atom stereocenters. The van der Waals surface area contributed by atoms with Crippen molar-refractivity contribution in [3.8, 4) is 22.3 Å². The lowest BCUT2D eigenvalue weighted by molar-refractivity contribution is 0.663. The first-order valence-electron chi connectivity index (χ1n) is 15.2. The topological polar surface area (TPSA) is 29.5 Å². The van der Waals surface area contributed by atoms with Crippen LogP contribution in [0, 0.1) is 0 Å². The summed E-state index contributed by atoms with van der Waals surface area (Å²) in [6.45, 7) is 0. The minimum absolute atomic E-state index is 0.798. The first-order chi connectivity index (χ1) is 22.3. The van der Waals surface area contributed by atoms with Crippen LogP contribution in [0.15, 0.2) is 173 Å². The maximum atomic E-state index is 6.64. The minimum Gasteiger partial charge on any atom is -0.456 e. The van der Waals surface area contributed by atoms with Crippen molar-refractivity contribution in [3.63, 3.8) is 0 Å². The Morgan fingerprint density at radius 3 is 1.58 bits per heavy atom. The van der Waals surface area contributed by atoms with E-state index in [2.05, 4.69) is 138 Å². The van der Waals surface area contributed by atoms with Gasteiger partial charge in [-0.15, -0.1) is 0 Å². The van der Waals surface area contributed by atoms with E-state index in [-0.39, 0.29) is 0 Å². The van der Waals surface area contributed by atoms with Gasteiger partial charge in [-0.05, 0) is 58.7 Å². The van der Waals surface area contributed by atoms with Gasteiger partial charge in [0.1, 0.15) is 22.3 Å². The average molecular weight is 578 g/mol. The summed E-state index contributed by atoms with van der Waals surface area (Å²) in [4.78, 5) is 2.31. The molecule has 0 radical (unpaired) electrons. The Kier molecular flexibility index (Phi) is 5.82. The highest BCUT2D eigenvalue weighted by Crippen LogP contribution is 2.48. The van der Waals surface area contributed by atoms with E-state index in [1.807, 2.05) is 30.3 Å². The van der Waals surface area contributed by atoms with Crippen molar-refractivity contribution in [1.82, 2.24) is 0 Å². The van der Waals surface area contributed by atoms with Crippen molar-refractivity contribution in [3.05, 3.63) is 164 Å².